The zero-order valence-electron chi connectivity index (χ0n) is 14.2. The van der Waals surface area contributed by atoms with Crippen molar-refractivity contribution < 1.29 is 0 Å². The molecule has 138 valence electrons. The second-order valence-corrected chi connectivity index (χ2v) is 8.57. The van der Waals surface area contributed by atoms with E-state index in [2.05, 4.69) is 15.2 Å². The van der Waals surface area contributed by atoms with Crippen molar-refractivity contribution in [2.75, 3.05) is 36.8 Å². The molecular formula is C17H19Cl2N5OS. The molecule has 2 atom stereocenters. The first-order valence-electron chi connectivity index (χ1n) is 8.39. The lowest BCUT2D eigenvalue weighted by atomic mass is 10.0. The van der Waals surface area contributed by atoms with E-state index in [1.165, 1.54) is 11.8 Å². The minimum absolute atomic E-state index is 0.177. The number of hydrogen-bond acceptors (Lipinski definition) is 6. The molecule has 0 bridgehead atoms. The molecule has 9 heteroatoms. The standard InChI is InChI=1S/C17H19Cl2N5OS/c1-23-16(25)14(26-12-4-2-3-11(18)13(12)19)15(20)22-17(23)24-7-9-5-21-6-10(9)8-24/h2-4,9-10,21H,5-8,20H2,1H3. The van der Waals surface area contributed by atoms with Crippen LogP contribution in [0.15, 0.2) is 32.8 Å². The van der Waals surface area contributed by atoms with Crippen LogP contribution in [-0.4, -0.2) is 35.7 Å². The van der Waals surface area contributed by atoms with Crippen LogP contribution in [0.25, 0.3) is 0 Å². The molecule has 0 aliphatic carbocycles. The molecule has 1 aromatic carbocycles. The first-order valence-corrected chi connectivity index (χ1v) is 9.97. The van der Waals surface area contributed by atoms with Gasteiger partial charge in [-0.15, -0.1) is 0 Å². The summed E-state index contributed by atoms with van der Waals surface area (Å²) in [5.41, 5.74) is 5.97. The zero-order chi connectivity index (χ0) is 18.4. The number of rotatable bonds is 3. The summed E-state index contributed by atoms with van der Waals surface area (Å²) in [4.78, 5) is 20.7. The average Bonchev–Trinajstić information content (AvgIpc) is 3.20. The van der Waals surface area contributed by atoms with Crippen LogP contribution in [0, 0.1) is 11.8 Å². The molecule has 1 aromatic heterocycles. The van der Waals surface area contributed by atoms with Gasteiger partial charge in [-0.05, 0) is 24.0 Å². The van der Waals surface area contributed by atoms with Crippen LogP contribution in [0.1, 0.15) is 0 Å². The van der Waals surface area contributed by atoms with Crippen molar-refractivity contribution in [1.29, 1.82) is 0 Å². The van der Waals surface area contributed by atoms with Gasteiger partial charge >= 0.3 is 0 Å². The summed E-state index contributed by atoms with van der Waals surface area (Å²) >= 11 is 13.5. The third-order valence-corrected chi connectivity index (χ3v) is 7.13. The molecule has 2 aliphatic heterocycles. The zero-order valence-corrected chi connectivity index (χ0v) is 16.5. The van der Waals surface area contributed by atoms with Gasteiger partial charge < -0.3 is 16.0 Å². The number of aromatic nitrogens is 2. The monoisotopic (exact) mass is 411 g/mol. The highest BCUT2D eigenvalue weighted by molar-refractivity contribution is 7.99. The predicted molar refractivity (Wildman–Crippen MR) is 107 cm³/mol. The Kier molecular flexibility index (Phi) is 4.81. The van der Waals surface area contributed by atoms with E-state index in [0.29, 0.717) is 37.6 Å². The molecule has 0 amide bonds. The highest BCUT2D eigenvalue weighted by atomic mass is 35.5. The number of nitrogens with zero attached hydrogens (tertiary/aromatic N) is 3. The van der Waals surface area contributed by atoms with Crippen molar-refractivity contribution in [3.8, 4) is 0 Å². The molecule has 2 unspecified atom stereocenters. The lowest BCUT2D eigenvalue weighted by Gasteiger charge is -2.22. The first kappa shape index (κ1) is 18.0. The van der Waals surface area contributed by atoms with Gasteiger partial charge in [-0.3, -0.25) is 9.36 Å². The average molecular weight is 412 g/mol. The Hall–Kier alpha value is -1.41. The largest absolute Gasteiger partial charge is 0.382 e. The van der Waals surface area contributed by atoms with Crippen LogP contribution in [0.4, 0.5) is 11.8 Å². The molecule has 6 nitrogen and oxygen atoms in total. The fraction of sp³-hybridized carbons (Fsp3) is 0.412. The van der Waals surface area contributed by atoms with Crippen molar-refractivity contribution in [2.24, 2.45) is 18.9 Å². The van der Waals surface area contributed by atoms with Crippen LogP contribution in [-0.2, 0) is 7.05 Å². The van der Waals surface area contributed by atoms with E-state index in [1.54, 1.807) is 29.8 Å². The van der Waals surface area contributed by atoms with Gasteiger partial charge in [0.15, 0.2) is 0 Å². The molecule has 2 fully saturated rings. The van der Waals surface area contributed by atoms with Crippen LogP contribution in [0.5, 0.6) is 0 Å². The summed E-state index contributed by atoms with van der Waals surface area (Å²) in [5, 5.41) is 4.26. The third kappa shape index (κ3) is 3.07. The molecule has 2 aliphatic rings. The number of nitrogens with one attached hydrogen (secondary N) is 1. The van der Waals surface area contributed by atoms with Crippen molar-refractivity contribution in [2.45, 2.75) is 9.79 Å². The summed E-state index contributed by atoms with van der Waals surface area (Å²) in [7, 11) is 1.74. The van der Waals surface area contributed by atoms with E-state index < -0.39 is 0 Å². The molecule has 26 heavy (non-hydrogen) atoms. The minimum Gasteiger partial charge on any atom is -0.382 e. The van der Waals surface area contributed by atoms with E-state index in [9.17, 15) is 4.79 Å². The molecular weight excluding hydrogens is 393 g/mol. The molecule has 3 heterocycles. The van der Waals surface area contributed by atoms with Crippen LogP contribution in [0.3, 0.4) is 0 Å². The van der Waals surface area contributed by atoms with Gasteiger partial charge in [0.25, 0.3) is 5.56 Å². The maximum absolute atomic E-state index is 12.9. The summed E-state index contributed by atoms with van der Waals surface area (Å²) in [6.45, 7) is 3.82. The second kappa shape index (κ2) is 6.96. The Labute approximate surface area is 165 Å². The number of nitrogens with two attached hydrogens (primary N) is 1. The Morgan fingerprint density at radius 1 is 1.27 bits per heavy atom. The van der Waals surface area contributed by atoms with E-state index in [0.717, 1.165) is 26.2 Å². The minimum atomic E-state index is -0.177. The Bertz CT molecular complexity index is 907. The smallest absolute Gasteiger partial charge is 0.270 e. The Balaban J connectivity index is 1.67. The lowest BCUT2D eigenvalue weighted by Crippen LogP contribution is -2.33. The van der Waals surface area contributed by atoms with Gasteiger partial charge in [-0.25, -0.2) is 0 Å². The SMILES string of the molecule is Cn1c(N2CC3CNCC3C2)nc(N)c(Sc2cccc(Cl)c2Cl)c1=O. The van der Waals surface area contributed by atoms with Gasteiger partial charge in [0.1, 0.15) is 10.7 Å². The summed E-state index contributed by atoms with van der Waals surface area (Å²) in [5.74, 6) is 2.06. The fourth-order valence-corrected chi connectivity index (χ4v) is 5.07. The van der Waals surface area contributed by atoms with Crippen molar-refractivity contribution in [3.63, 3.8) is 0 Å². The number of nitrogen functional groups attached to an aromatic ring is 1. The van der Waals surface area contributed by atoms with E-state index in [-0.39, 0.29) is 11.4 Å². The molecule has 0 radical (unpaired) electrons. The molecule has 0 spiro atoms. The van der Waals surface area contributed by atoms with Gasteiger partial charge in [-0.1, -0.05) is 41.0 Å². The topological polar surface area (TPSA) is 76.2 Å². The van der Waals surface area contributed by atoms with E-state index >= 15 is 0 Å². The van der Waals surface area contributed by atoms with Crippen molar-refractivity contribution >= 4 is 46.7 Å². The second-order valence-electron chi connectivity index (χ2n) is 6.73. The summed E-state index contributed by atoms with van der Waals surface area (Å²) < 4.78 is 1.58. The van der Waals surface area contributed by atoms with Gasteiger partial charge in [0, 0.05) is 38.1 Å². The molecule has 0 saturated carbocycles. The fourth-order valence-electron chi connectivity index (χ4n) is 3.66. The van der Waals surface area contributed by atoms with Crippen molar-refractivity contribution in [1.82, 2.24) is 14.9 Å². The Morgan fingerprint density at radius 3 is 2.65 bits per heavy atom. The number of fused-ring (bicyclic) bond motifs is 1. The number of benzene rings is 1. The molecule has 4 rings (SSSR count). The highest BCUT2D eigenvalue weighted by Gasteiger charge is 2.37. The highest BCUT2D eigenvalue weighted by Crippen LogP contribution is 2.38. The first-order chi connectivity index (χ1) is 12.5. The summed E-state index contributed by atoms with van der Waals surface area (Å²) in [6, 6.07) is 5.30. The number of hydrogen-bond donors (Lipinski definition) is 2. The normalized spacial score (nSPS) is 22.0. The van der Waals surface area contributed by atoms with Gasteiger partial charge in [0.2, 0.25) is 5.95 Å². The molecule has 2 saturated heterocycles. The number of anilines is 2. The number of halogens is 2. The maximum Gasteiger partial charge on any atom is 0.270 e. The van der Waals surface area contributed by atoms with Gasteiger partial charge in [-0.2, -0.15) is 4.98 Å². The molecule has 3 N–H and O–H groups in total. The van der Waals surface area contributed by atoms with E-state index in [4.69, 9.17) is 28.9 Å². The predicted octanol–water partition coefficient (Wildman–Crippen LogP) is 2.48. The summed E-state index contributed by atoms with van der Waals surface area (Å²) in [6.07, 6.45) is 0. The Morgan fingerprint density at radius 2 is 1.96 bits per heavy atom. The van der Waals surface area contributed by atoms with Gasteiger partial charge in [0.05, 0.1) is 10.0 Å². The van der Waals surface area contributed by atoms with Crippen LogP contribution < -0.4 is 21.5 Å². The molecule has 2 aromatic rings. The maximum atomic E-state index is 12.9. The van der Waals surface area contributed by atoms with Crippen LogP contribution >= 0.6 is 35.0 Å². The quantitative estimate of drug-likeness (QED) is 0.807. The lowest BCUT2D eigenvalue weighted by molar-refractivity contribution is 0.533. The third-order valence-electron chi connectivity index (χ3n) is 5.05. The van der Waals surface area contributed by atoms with E-state index in [1.807, 2.05) is 0 Å². The van der Waals surface area contributed by atoms with Crippen molar-refractivity contribution in [3.05, 3.63) is 38.6 Å². The van der Waals surface area contributed by atoms with Crippen LogP contribution in [0.2, 0.25) is 10.0 Å².